The van der Waals surface area contributed by atoms with E-state index < -0.39 is 10.0 Å². The molecule has 1 N–H and O–H groups in total. The molecule has 0 saturated carbocycles. The molecule has 1 heterocycles. The molecular formula is C22H29N3O3S. The lowest BCUT2D eigenvalue weighted by atomic mass is 9.99. The van der Waals surface area contributed by atoms with Gasteiger partial charge in [-0.1, -0.05) is 49.4 Å². The Bertz CT molecular complexity index is 961. The van der Waals surface area contributed by atoms with Gasteiger partial charge in [0.15, 0.2) is 0 Å². The van der Waals surface area contributed by atoms with Gasteiger partial charge < -0.3 is 10.2 Å². The smallest absolute Gasteiger partial charge is 0.318 e. The summed E-state index contributed by atoms with van der Waals surface area (Å²) < 4.78 is 25.2. The molecular weight excluding hydrogens is 386 g/mol. The molecule has 0 spiro atoms. The van der Waals surface area contributed by atoms with E-state index in [1.165, 1.54) is 10.6 Å². The van der Waals surface area contributed by atoms with Crippen molar-refractivity contribution in [2.75, 3.05) is 18.1 Å². The van der Waals surface area contributed by atoms with E-state index in [-0.39, 0.29) is 12.1 Å². The van der Waals surface area contributed by atoms with E-state index in [0.29, 0.717) is 26.1 Å². The summed E-state index contributed by atoms with van der Waals surface area (Å²) in [5.41, 5.74) is 3.81. The molecule has 6 nitrogen and oxygen atoms in total. The highest BCUT2D eigenvalue weighted by Crippen LogP contribution is 2.28. The molecule has 1 aliphatic rings. The lowest BCUT2D eigenvalue weighted by Crippen LogP contribution is -2.41. The Balaban J connectivity index is 1.80. The first-order valence-electron chi connectivity index (χ1n) is 9.97. The third-order valence-corrected chi connectivity index (χ3v) is 6.77. The SMILES string of the molecule is CCC(C)N(Cc1ccccc1)C(=O)Nc1cccc2c1CCN(S(C)(=O)=O)C2. The average Bonchev–Trinajstić information content (AvgIpc) is 2.71. The van der Waals surface area contributed by atoms with Crippen LogP contribution in [0, 0.1) is 0 Å². The Labute approximate surface area is 173 Å². The van der Waals surface area contributed by atoms with Crippen molar-refractivity contribution in [2.45, 2.75) is 45.8 Å². The zero-order valence-electron chi connectivity index (χ0n) is 17.3. The maximum absolute atomic E-state index is 13.1. The van der Waals surface area contributed by atoms with Crippen LogP contribution in [-0.2, 0) is 29.5 Å². The first-order valence-corrected chi connectivity index (χ1v) is 11.8. The van der Waals surface area contributed by atoms with Gasteiger partial charge in [0, 0.05) is 31.4 Å². The van der Waals surface area contributed by atoms with Gasteiger partial charge in [-0.3, -0.25) is 0 Å². The molecule has 1 atom stereocenters. The Morgan fingerprint density at radius 2 is 1.90 bits per heavy atom. The van der Waals surface area contributed by atoms with E-state index in [9.17, 15) is 13.2 Å². The molecule has 156 valence electrons. The lowest BCUT2D eigenvalue weighted by Gasteiger charge is -2.31. The van der Waals surface area contributed by atoms with Crippen LogP contribution in [0.4, 0.5) is 10.5 Å². The van der Waals surface area contributed by atoms with Crippen LogP contribution in [0.5, 0.6) is 0 Å². The maximum Gasteiger partial charge on any atom is 0.322 e. The van der Waals surface area contributed by atoms with Gasteiger partial charge in [0.25, 0.3) is 0 Å². The molecule has 0 aromatic heterocycles. The van der Waals surface area contributed by atoms with Crippen molar-refractivity contribution in [3.8, 4) is 0 Å². The second-order valence-corrected chi connectivity index (χ2v) is 9.57. The Hall–Kier alpha value is -2.38. The van der Waals surface area contributed by atoms with E-state index in [2.05, 4.69) is 12.2 Å². The van der Waals surface area contributed by atoms with E-state index in [0.717, 1.165) is 28.8 Å². The number of rotatable bonds is 6. The number of hydrogen-bond donors (Lipinski definition) is 1. The van der Waals surface area contributed by atoms with Crippen molar-refractivity contribution in [1.82, 2.24) is 9.21 Å². The second-order valence-electron chi connectivity index (χ2n) is 7.59. The molecule has 2 aromatic rings. The quantitative estimate of drug-likeness (QED) is 0.779. The van der Waals surface area contributed by atoms with Crippen LogP contribution in [0.2, 0.25) is 0 Å². The van der Waals surface area contributed by atoms with Crippen molar-refractivity contribution in [1.29, 1.82) is 0 Å². The van der Waals surface area contributed by atoms with Crippen molar-refractivity contribution in [2.24, 2.45) is 0 Å². The number of carbonyl (C=O) groups excluding carboxylic acids is 1. The van der Waals surface area contributed by atoms with Gasteiger partial charge in [-0.25, -0.2) is 13.2 Å². The molecule has 0 radical (unpaired) electrons. The summed E-state index contributed by atoms with van der Waals surface area (Å²) in [6, 6.07) is 15.6. The highest BCUT2D eigenvalue weighted by molar-refractivity contribution is 7.88. The normalized spacial score (nSPS) is 15.4. The van der Waals surface area contributed by atoms with Crippen molar-refractivity contribution < 1.29 is 13.2 Å². The molecule has 1 unspecified atom stereocenters. The van der Waals surface area contributed by atoms with Crippen molar-refractivity contribution >= 4 is 21.7 Å². The number of nitrogens with one attached hydrogen (secondary N) is 1. The monoisotopic (exact) mass is 415 g/mol. The molecule has 2 aromatic carbocycles. The fourth-order valence-electron chi connectivity index (χ4n) is 3.60. The van der Waals surface area contributed by atoms with E-state index in [4.69, 9.17) is 0 Å². The minimum absolute atomic E-state index is 0.0930. The molecule has 1 aliphatic heterocycles. The summed E-state index contributed by atoms with van der Waals surface area (Å²) >= 11 is 0. The third kappa shape index (κ3) is 5.16. The molecule has 2 amide bonds. The molecule has 29 heavy (non-hydrogen) atoms. The predicted octanol–water partition coefficient (Wildman–Crippen LogP) is 3.84. The fraction of sp³-hybridized carbons (Fsp3) is 0.409. The van der Waals surface area contributed by atoms with Gasteiger partial charge in [0.1, 0.15) is 0 Å². The van der Waals surface area contributed by atoms with Gasteiger partial charge in [0.05, 0.1) is 6.26 Å². The highest BCUT2D eigenvalue weighted by Gasteiger charge is 2.26. The number of nitrogens with zero attached hydrogens (tertiary/aromatic N) is 2. The zero-order valence-corrected chi connectivity index (χ0v) is 18.1. The molecule has 0 saturated heterocycles. The first-order chi connectivity index (χ1) is 13.8. The summed E-state index contributed by atoms with van der Waals surface area (Å²) in [6.45, 7) is 5.43. The predicted molar refractivity (Wildman–Crippen MR) is 116 cm³/mol. The number of amides is 2. The molecule has 0 bridgehead atoms. The van der Waals surface area contributed by atoms with Gasteiger partial charge in [-0.2, -0.15) is 4.31 Å². The minimum atomic E-state index is -3.23. The van der Waals surface area contributed by atoms with Gasteiger partial charge in [0.2, 0.25) is 10.0 Å². The fourth-order valence-corrected chi connectivity index (χ4v) is 4.40. The number of hydrogen-bond acceptors (Lipinski definition) is 3. The van der Waals surface area contributed by atoms with Gasteiger partial charge in [-0.15, -0.1) is 0 Å². The highest BCUT2D eigenvalue weighted by atomic mass is 32.2. The van der Waals surface area contributed by atoms with Crippen LogP contribution in [0.1, 0.15) is 37.0 Å². The molecule has 3 rings (SSSR count). The summed E-state index contributed by atoms with van der Waals surface area (Å²) in [7, 11) is -3.23. The van der Waals surface area contributed by atoms with Crippen molar-refractivity contribution in [3.63, 3.8) is 0 Å². The number of anilines is 1. The standard InChI is InChI=1S/C22H29N3O3S/c1-4-17(2)25(15-18-9-6-5-7-10-18)22(26)23-21-12-8-11-19-16-24(29(3,27)28)14-13-20(19)21/h5-12,17H,4,13-16H2,1-3H3,(H,23,26). The summed E-state index contributed by atoms with van der Waals surface area (Å²) in [5, 5.41) is 3.08. The second kappa shape index (κ2) is 8.97. The number of sulfonamides is 1. The summed E-state index contributed by atoms with van der Waals surface area (Å²) in [5.74, 6) is 0. The van der Waals surface area contributed by atoms with E-state index in [1.807, 2.05) is 60.4 Å². The Morgan fingerprint density at radius 3 is 2.55 bits per heavy atom. The molecule has 0 aliphatic carbocycles. The van der Waals surface area contributed by atoms with Crippen LogP contribution in [0.15, 0.2) is 48.5 Å². The Kier molecular flexibility index (Phi) is 6.59. The van der Waals surface area contributed by atoms with E-state index in [1.54, 1.807) is 0 Å². The van der Waals surface area contributed by atoms with Crippen molar-refractivity contribution in [3.05, 3.63) is 65.2 Å². The number of fused-ring (bicyclic) bond motifs is 1. The topological polar surface area (TPSA) is 69.7 Å². The third-order valence-electron chi connectivity index (χ3n) is 5.52. The largest absolute Gasteiger partial charge is 0.322 e. The van der Waals surface area contributed by atoms with Gasteiger partial charge >= 0.3 is 6.03 Å². The van der Waals surface area contributed by atoms with Crippen LogP contribution in [0.25, 0.3) is 0 Å². The minimum Gasteiger partial charge on any atom is -0.318 e. The summed E-state index contributed by atoms with van der Waals surface area (Å²) in [4.78, 5) is 15.0. The van der Waals surface area contributed by atoms with E-state index >= 15 is 0 Å². The lowest BCUT2D eigenvalue weighted by molar-refractivity contribution is 0.187. The summed E-state index contributed by atoms with van der Waals surface area (Å²) in [6.07, 6.45) is 2.68. The van der Waals surface area contributed by atoms with Crippen LogP contribution in [0.3, 0.4) is 0 Å². The van der Waals surface area contributed by atoms with Gasteiger partial charge in [-0.05, 0) is 42.5 Å². The Morgan fingerprint density at radius 1 is 1.17 bits per heavy atom. The molecule has 0 fully saturated rings. The average molecular weight is 416 g/mol. The molecule has 7 heteroatoms. The number of carbonyl (C=O) groups is 1. The number of urea groups is 1. The van der Waals surface area contributed by atoms with Crippen LogP contribution < -0.4 is 5.32 Å². The van der Waals surface area contributed by atoms with Crippen LogP contribution >= 0.6 is 0 Å². The number of benzene rings is 2. The maximum atomic E-state index is 13.1. The zero-order chi connectivity index (χ0) is 21.0. The van der Waals surface area contributed by atoms with Crippen LogP contribution in [-0.4, -0.2) is 42.5 Å². The first kappa shape index (κ1) is 21.3.